The Hall–Kier alpha value is -1.88. The number of imidazole rings is 1. The summed E-state index contributed by atoms with van der Waals surface area (Å²) in [4.78, 5) is 7.04. The van der Waals surface area contributed by atoms with Crippen LogP contribution in [-0.2, 0) is 6.42 Å². The van der Waals surface area contributed by atoms with E-state index in [1.54, 1.807) is 6.33 Å². The van der Waals surface area contributed by atoms with Gasteiger partial charge in [-0.05, 0) is 43.3 Å². The van der Waals surface area contributed by atoms with Crippen LogP contribution in [0.5, 0.6) is 0 Å². The van der Waals surface area contributed by atoms with Gasteiger partial charge in [0, 0.05) is 30.5 Å². The van der Waals surface area contributed by atoms with Crippen LogP contribution >= 0.6 is 12.2 Å². The first-order valence-corrected chi connectivity index (χ1v) is 6.66. The van der Waals surface area contributed by atoms with Crippen LogP contribution in [0.1, 0.15) is 16.8 Å². The fourth-order valence-electron chi connectivity index (χ4n) is 1.79. The molecule has 0 fully saturated rings. The molecule has 0 saturated carbocycles. The predicted molar refractivity (Wildman–Crippen MR) is 82.4 cm³/mol. The van der Waals surface area contributed by atoms with Crippen LogP contribution in [0.3, 0.4) is 0 Å². The van der Waals surface area contributed by atoms with E-state index in [9.17, 15) is 0 Å². The third kappa shape index (κ3) is 3.79. The summed E-state index contributed by atoms with van der Waals surface area (Å²) < 4.78 is 0. The summed E-state index contributed by atoms with van der Waals surface area (Å²) in [6.07, 6.45) is 4.37. The standard InChI is InChI=1S/C14H18N4S/c1-10-4-3-5-13(11(10)2)18-14(19)16-7-6-12-8-15-9-17-12/h3-5,8-9H,6-7H2,1-2H3,(H,15,17)(H2,16,18,19). The second-order valence-electron chi connectivity index (χ2n) is 4.46. The zero-order valence-electron chi connectivity index (χ0n) is 11.2. The molecule has 0 spiro atoms. The number of anilines is 1. The van der Waals surface area contributed by atoms with E-state index in [4.69, 9.17) is 12.2 Å². The number of rotatable bonds is 4. The fourth-order valence-corrected chi connectivity index (χ4v) is 2.00. The highest BCUT2D eigenvalue weighted by molar-refractivity contribution is 7.80. The predicted octanol–water partition coefficient (Wildman–Crippen LogP) is 2.56. The van der Waals surface area contributed by atoms with Crippen molar-refractivity contribution < 1.29 is 0 Å². The molecule has 0 radical (unpaired) electrons. The Labute approximate surface area is 118 Å². The number of nitrogens with zero attached hydrogens (tertiary/aromatic N) is 1. The van der Waals surface area contributed by atoms with Crippen molar-refractivity contribution in [3.8, 4) is 0 Å². The topological polar surface area (TPSA) is 52.7 Å². The van der Waals surface area contributed by atoms with Crippen LogP contribution in [0, 0.1) is 13.8 Å². The van der Waals surface area contributed by atoms with Gasteiger partial charge in [-0.15, -0.1) is 0 Å². The van der Waals surface area contributed by atoms with Crippen molar-refractivity contribution in [2.24, 2.45) is 0 Å². The average Bonchev–Trinajstić information content (AvgIpc) is 2.88. The van der Waals surface area contributed by atoms with Gasteiger partial charge in [-0.3, -0.25) is 0 Å². The fraction of sp³-hybridized carbons (Fsp3) is 0.286. The maximum Gasteiger partial charge on any atom is 0.170 e. The van der Waals surface area contributed by atoms with Crippen LogP contribution in [0.2, 0.25) is 0 Å². The lowest BCUT2D eigenvalue weighted by Gasteiger charge is -2.13. The molecule has 1 aromatic carbocycles. The second kappa shape index (κ2) is 6.33. The second-order valence-corrected chi connectivity index (χ2v) is 4.86. The Morgan fingerprint density at radius 1 is 1.37 bits per heavy atom. The molecule has 0 saturated heterocycles. The number of benzene rings is 1. The summed E-state index contributed by atoms with van der Waals surface area (Å²) >= 11 is 5.29. The van der Waals surface area contributed by atoms with Gasteiger partial charge in [0.05, 0.1) is 6.33 Å². The molecule has 2 aromatic rings. The normalized spacial score (nSPS) is 10.2. The zero-order chi connectivity index (χ0) is 13.7. The Bertz CT molecular complexity index is 549. The summed E-state index contributed by atoms with van der Waals surface area (Å²) in [5.41, 5.74) is 4.63. The molecule has 19 heavy (non-hydrogen) atoms. The molecule has 0 aliphatic heterocycles. The van der Waals surface area contributed by atoms with Crippen molar-refractivity contribution in [1.29, 1.82) is 0 Å². The van der Waals surface area contributed by atoms with Crippen molar-refractivity contribution in [2.75, 3.05) is 11.9 Å². The number of H-pyrrole nitrogens is 1. The first-order chi connectivity index (χ1) is 9.16. The van der Waals surface area contributed by atoms with Crippen LogP contribution in [-0.4, -0.2) is 21.6 Å². The first kappa shape index (κ1) is 13.5. The van der Waals surface area contributed by atoms with Crippen LogP contribution < -0.4 is 10.6 Å². The van der Waals surface area contributed by atoms with Crippen molar-refractivity contribution >= 4 is 23.0 Å². The van der Waals surface area contributed by atoms with Gasteiger partial charge < -0.3 is 15.6 Å². The zero-order valence-corrected chi connectivity index (χ0v) is 12.0. The Kier molecular flexibility index (Phi) is 4.52. The molecule has 0 aliphatic rings. The Balaban J connectivity index is 1.82. The minimum absolute atomic E-state index is 0.646. The minimum Gasteiger partial charge on any atom is -0.362 e. The molecule has 2 rings (SSSR count). The van der Waals surface area contributed by atoms with Gasteiger partial charge in [0.2, 0.25) is 0 Å². The quantitative estimate of drug-likeness (QED) is 0.750. The molecular weight excluding hydrogens is 256 g/mol. The van der Waals surface area contributed by atoms with Crippen molar-refractivity contribution in [1.82, 2.24) is 15.3 Å². The van der Waals surface area contributed by atoms with E-state index in [2.05, 4.69) is 40.5 Å². The monoisotopic (exact) mass is 274 g/mol. The summed E-state index contributed by atoms with van der Waals surface area (Å²) in [5.74, 6) is 0. The molecule has 100 valence electrons. The SMILES string of the molecule is Cc1cccc(NC(=S)NCCc2cnc[nH]2)c1C. The summed E-state index contributed by atoms with van der Waals surface area (Å²) in [5, 5.41) is 7.06. The highest BCUT2D eigenvalue weighted by atomic mass is 32.1. The molecule has 5 heteroatoms. The van der Waals surface area contributed by atoms with Gasteiger partial charge >= 0.3 is 0 Å². The third-order valence-electron chi connectivity index (χ3n) is 3.09. The number of nitrogens with one attached hydrogen (secondary N) is 3. The van der Waals surface area contributed by atoms with Crippen molar-refractivity contribution in [2.45, 2.75) is 20.3 Å². The van der Waals surface area contributed by atoms with Crippen molar-refractivity contribution in [3.63, 3.8) is 0 Å². The molecule has 1 aromatic heterocycles. The summed E-state index contributed by atoms with van der Waals surface area (Å²) in [6, 6.07) is 6.15. The Morgan fingerprint density at radius 2 is 2.21 bits per heavy atom. The number of thiocarbonyl (C=S) groups is 1. The molecule has 0 unspecified atom stereocenters. The Morgan fingerprint density at radius 3 is 2.95 bits per heavy atom. The summed E-state index contributed by atoms with van der Waals surface area (Å²) in [6.45, 7) is 4.96. The first-order valence-electron chi connectivity index (χ1n) is 6.25. The van der Waals surface area contributed by atoms with E-state index in [0.717, 1.165) is 24.3 Å². The molecular formula is C14H18N4S. The van der Waals surface area contributed by atoms with Gasteiger partial charge in [0.25, 0.3) is 0 Å². The lowest BCUT2D eigenvalue weighted by molar-refractivity contribution is 0.853. The largest absolute Gasteiger partial charge is 0.362 e. The molecule has 1 heterocycles. The van der Waals surface area contributed by atoms with E-state index in [-0.39, 0.29) is 0 Å². The molecule has 0 amide bonds. The number of hydrogen-bond acceptors (Lipinski definition) is 2. The highest BCUT2D eigenvalue weighted by Gasteiger charge is 2.02. The van der Waals surface area contributed by atoms with Crippen LogP contribution in [0.4, 0.5) is 5.69 Å². The van der Waals surface area contributed by atoms with Gasteiger partial charge in [0.15, 0.2) is 5.11 Å². The van der Waals surface area contributed by atoms with Gasteiger partial charge in [-0.25, -0.2) is 4.98 Å². The lowest BCUT2D eigenvalue weighted by Crippen LogP contribution is -2.30. The number of aromatic amines is 1. The summed E-state index contributed by atoms with van der Waals surface area (Å²) in [7, 11) is 0. The van der Waals surface area contributed by atoms with E-state index < -0.39 is 0 Å². The van der Waals surface area contributed by atoms with Gasteiger partial charge in [0.1, 0.15) is 0 Å². The van der Waals surface area contributed by atoms with E-state index in [0.29, 0.717) is 5.11 Å². The number of aryl methyl sites for hydroxylation is 1. The highest BCUT2D eigenvalue weighted by Crippen LogP contribution is 2.17. The van der Waals surface area contributed by atoms with Crippen LogP contribution in [0.25, 0.3) is 0 Å². The number of hydrogen-bond donors (Lipinski definition) is 3. The van der Waals surface area contributed by atoms with Crippen molar-refractivity contribution in [3.05, 3.63) is 47.5 Å². The van der Waals surface area contributed by atoms with E-state index in [1.807, 2.05) is 18.3 Å². The lowest BCUT2D eigenvalue weighted by atomic mass is 10.1. The minimum atomic E-state index is 0.646. The van der Waals surface area contributed by atoms with E-state index in [1.165, 1.54) is 11.1 Å². The smallest absolute Gasteiger partial charge is 0.170 e. The molecule has 0 bridgehead atoms. The van der Waals surface area contributed by atoms with Gasteiger partial charge in [-0.1, -0.05) is 12.1 Å². The number of aromatic nitrogens is 2. The molecule has 4 nitrogen and oxygen atoms in total. The maximum atomic E-state index is 5.29. The van der Waals surface area contributed by atoms with Gasteiger partial charge in [-0.2, -0.15) is 0 Å². The van der Waals surface area contributed by atoms with E-state index >= 15 is 0 Å². The average molecular weight is 274 g/mol. The maximum absolute atomic E-state index is 5.29. The molecule has 0 atom stereocenters. The van der Waals surface area contributed by atoms with Crippen LogP contribution in [0.15, 0.2) is 30.7 Å². The molecule has 3 N–H and O–H groups in total. The third-order valence-corrected chi connectivity index (χ3v) is 3.33. The molecule has 0 aliphatic carbocycles.